The molecule has 3 aromatic rings. The second kappa shape index (κ2) is 7.25. The summed E-state index contributed by atoms with van der Waals surface area (Å²) < 4.78 is 0. The summed E-state index contributed by atoms with van der Waals surface area (Å²) >= 11 is 1.60. The predicted molar refractivity (Wildman–Crippen MR) is 101 cm³/mol. The molecule has 1 aliphatic rings. The van der Waals surface area contributed by atoms with Gasteiger partial charge in [0.25, 0.3) is 0 Å². The molecule has 0 radical (unpaired) electrons. The van der Waals surface area contributed by atoms with Crippen LogP contribution in [0.25, 0.3) is 10.7 Å². The molecule has 8 heteroatoms. The van der Waals surface area contributed by atoms with Crippen molar-refractivity contribution in [1.29, 1.82) is 0 Å². The molecule has 4 rings (SSSR count). The number of rotatable bonds is 3. The summed E-state index contributed by atoms with van der Waals surface area (Å²) in [5, 5.41) is 17.8. The van der Waals surface area contributed by atoms with Gasteiger partial charge in [-0.2, -0.15) is 4.80 Å². The summed E-state index contributed by atoms with van der Waals surface area (Å²) in [6, 6.07) is 11.9. The average molecular weight is 368 g/mol. The van der Waals surface area contributed by atoms with Crippen molar-refractivity contribution in [2.45, 2.75) is 25.8 Å². The number of carbonyl (C=O) groups excluding carboxylic acids is 1. The highest BCUT2D eigenvalue weighted by molar-refractivity contribution is 7.13. The first-order valence-electron chi connectivity index (χ1n) is 8.65. The molecule has 2 aromatic heterocycles. The van der Waals surface area contributed by atoms with E-state index in [1.54, 1.807) is 16.1 Å². The molecule has 3 heterocycles. The summed E-state index contributed by atoms with van der Waals surface area (Å²) in [4.78, 5) is 17.0. The highest BCUT2D eigenvalue weighted by Crippen LogP contribution is 2.24. The molecule has 0 atom stereocenters. The van der Waals surface area contributed by atoms with Crippen LogP contribution < -0.4 is 5.32 Å². The van der Waals surface area contributed by atoms with Crippen LogP contribution >= 0.6 is 11.3 Å². The van der Waals surface area contributed by atoms with Crippen molar-refractivity contribution in [2.75, 3.05) is 18.4 Å². The van der Waals surface area contributed by atoms with Crippen molar-refractivity contribution in [2.24, 2.45) is 0 Å². The van der Waals surface area contributed by atoms with Gasteiger partial charge < -0.3 is 10.2 Å². The number of nitrogens with zero attached hydrogens (tertiary/aromatic N) is 5. The Labute approximate surface area is 155 Å². The van der Waals surface area contributed by atoms with Gasteiger partial charge in [0.05, 0.1) is 10.9 Å². The monoisotopic (exact) mass is 368 g/mol. The first-order valence-corrected chi connectivity index (χ1v) is 9.53. The van der Waals surface area contributed by atoms with E-state index in [1.807, 2.05) is 53.6 Å². The molecule has 1 aromatic carbocycles. The Morgan fingerprint density at radius 2 is 1.96 bits per heavy atom. The number of thiophene rings is 1. The van der Waals surface area contributed by atoms with Crippen LogP contribution in [0.15, 0.2) is 41.8 Å². The maximum absolute atomic E-state index is 12.4. The number of hydrogen-bond acceptors (Lipinski definition) is 5. The topological polar surface area (TPSA) is 75.9 Å². The zero-order valence-corrected chi connectivity index (χ0v) is 15.3. The lowest BCUT2D eigenvalue weighted by Crippen LogP contribution is -2.41. The van der Waals surface area contributed by atoms with E-state index < -0.39 is 0 Å². The number of likely N-dealkylation sites (tertiary alicyclic amines) is 1. The molecule has 134 valence electrons. The lowest BCUT2D eigenvalue weighted by molar-refractivity contribution is 0.175. The highest BCUT2D eigenvalue weighted by atomic mass is 32.1. The van der Waals surface area contributed by atoms with E-state index in [2.05, 4.69) is 20.7 Å². The Morgan fingerprint density at radius 1 is 1.19 bits per heavy atom. The van der Waals surface area contributed by atoms with E-state index in [1.165, 1.54) is 5.56 Å². The quantitative estimate of drug-likeness (QED) is 0.767. The molecule has 0 bridgehead atoms. The molecule has 0 spiro atoms. The number of hydrogen-bond donors (Lipinski definition) is 1. The van der Waals surface area contributed by atoms with Gasteiger partial charge in [-0.3, -0.25) is 0 Å². The van der Waals surface area contributed by atoms with Gasteiger partial charge in [-0.15, -0.1) is 21.5 Å². The first-order chi connectivity index (χ1) is 12.7. The number of urea groups is 1. The zero-order valence-electron chi connectivity index (χ0n) is 14.5. The summed E-state index contributed by atoms with van der Waals surface area (Å²) in [5.41, 5.74) is 1.99. The molecule has 0 unspecified atom stereocenters. The number of piperidine rings is 1. The van der Waals surface area contributed by atoms with Crippen molar-refractivity contribution >= 4 is 23.1 Å². The summed E-state index contributed by atoms with van der Waals surface area (Å²) in [6.07, 6.45) is 1.64. The van der Waals surface area contributed by atoms with Crippen LogP contribution in [-0.2, 0) is 0 Å². The molecule has 1 N–H and O–H groups in total. The zero-order chi connectivity index (χ0) is 17.9. The SMILES string of the molecule is Cc1ccc(NC(=O)N2CCC(n3nnc(-c4cccs4)n3)CC2)cc1. The van der Waals surface area contributed by atoms with E-state index in [0.29, 0.717) is 18.9 Å². The minimum absolute atomic E-state index is 0.0573. The molecule has 7 nitrogen and oxygen atoms in total. The number of aryl methyl sites for hydroxylation is 1. The number of nitrogens with one attached hydrogen (secondary N) is 1. The van der Waals surface area contributed by atoms with E-state index in [9.17, 15) is 4.79 Å². The molecule has 26 heavy (non-hydrogen) atoms. The smallest absolute Gasteiger partial charge is 0.321 e. The predicted octanol–water partition coefficient (Wildman–Crippen LogP) is 3.58. The maximum atomic E-state index is 12.4. The number of aromatic nitrogens is 4. The Kier molecular flexibility index (Phi) is 4.66. The highest BCUT2D eigenvalue weighted by Gasteiger charge is 2.25. The summed E-state index contributed by atoms with van der Waals surface area (Å²) in [7, 11) is 0. The molecule has 0 aliphatic carbocycles. The third kappa shape index (κ3) is 3.60. The molecule has 1 fully saturated rings. The fourth-order valence-electron chi connectivity index (χ4n) is 3.02. The van der Waals surface area contributed by atoms with Crippen LogP contribution in [0.5, 0.6) is 0 Å². The molecular formula is C18H20N6OS. The number of tetrazole rings is 1. The Hall–Kier alpha value is -2.74. The third-order valence-electron chi connectivity index (χ3n) is 4.55. The Balaban J connectivity index is 1.33. The van der Waals surface area contributed by atoms with E-state index in [-0.39, 0.29) is 12.1 Å². The second-order valence-corrected chi connectivity index (χ2v) is 7.37. The van der Waals surface area contributed by atoms with E-state index in [0.717, 1.165) is 23.4 Å². The molecule has 0 saturated carbocycles. The van der Waals surface area contributed by atoms with Crippen molar-refractivity contribution < 1.29 is 4.79 Å². The minimum Gasteiger partial charge on any atom is -0.324 e. The number of amides is 2. The maximum Gasteiger partial charge on any atom is 0.321 e. The Morgan fingerprint density at radius 3 is 2.65 bits per heavy atom. The van der Waals surface area contributed by atoms with E-state index in [4.69, 9.17) is 0 Å². The lowest BCUT2D eigenvalue weighted by atomic mass is 10.1. The van der Waals surface area contributed by atoms with Crippen LogP contribution in [0.2, 0.25) is 0 Å². The third-order valence-corrected chi connectivity index (χ3v) is 5.42. The van der Waals surface area contributed by atoms with Crippen LogP contribution in [0.1, 0.15) is 24.4 Å². The van der Waals surface area contributed by atoms with Gasteiger partial charge in [0, 0.05) is 18.8 Å². The molecule has 1 saturated heterocycles. The largest absolute Gasteiger partial charge is 0.324 e. The van der Waals surface area contributed by atoms with Gasteiger partial charge in [0.15, 0.2) is 0 Å². The molecule has 2 amide bonds. The van der Waals surface area contributed by atoms with Crippen LogP contribution in [0.3, 0.4) is 0 Å². The van der Waals surface area contributed by atoms with Gasteiger partial charge in [-0.05, 0) is 48.6 Å². The fraction of sp³-hybridized carbons (Fsp3) is 0.333. The normalized spacial score (nSPS) is 15.2. The standard InChI is InChI=1S/C18H20N6OS/c1-13-4-6-14(7-5-13)19-18(25)23-10-8-15(9-11-23)24-21-17(20-22-24)16-3-2-12-26-16/h2-7,12,15H,8-11H2,1H3,(H,19,25). The number of benzene rings is 1. The molecular weight excluding hydrogens is 348 g/mol. The van der Waals surface area contributed by atoms with Crippen molar-refractivity contribution in [3.8, 4) is 10.7 Å². The Bertz CT molecular complexity index is 865. The summed E-state index contributed by atoms with van der Waals surface area (Å²) in [5.74, 6) is 0.666. The van der Waals surface area contributed by atoms with E-state index >= 15 is 0 Å². The van der Waals surface area contributed by atoms with Crippen molar-refractivity contribution in [3.05, 3.63) is 47.3 Å². The van der Waals surface area contributed by atoms with Crippen molar-refractivity contribution in [3.63, 3.8) is 0 Å². The number of carbonyl (C=O) groups is 1. The van der Waals surface area contributed by atoms with Gasteiger partial charge >= 0.3 is 6.03 Å². The average Bonchev–Trinajstić information content (AvgIpc) is 3.35. The number of anilines is 1. The van der Waals surface area contributed by atoms with Crippen molar-refractivity contribution in [1.82, 2.24) is 25.1 Å². The fourth-order valence-corrected chi connectivity index (χ4v) is 3.67. The molecule has 1 aliphatic heterocycles. The van der Waals surface area contributed by atoms with Crippen LogP contribution in [0, 0.1) is 6.92 Å². The van der Waals surface area contributed by atoms with Crippen LogP contribution in [-0.4, -0.2) is 44.2 Å². The van der Waals surface area contributed by atoms with Gasteiger partial charge in [-0.25, -0.2) is 4.79 Å². The first kappa shape index (κ1) is 16.7. The minimum atomic E-state index is -0.0573. The van der Waals surface area contributed by atoms with Gasteiger partial charge in [0.1, 0.15) is 0 Å². The lowest BCUT2D eigenvalue weighted by Gasteiger charge is -2.31. The van der Waals surface area contributed by atoms with Crippen LogP contribution in [0.4, 0.5) is 10.5 Å². The summed E-state index contributed by atoms with van der Waals surface area (Å²) in [6.45, 7) is 3.38. The van der Waals surface area contributed by atoms with Gasteiger partial charge in [0.2, 0.25) is 5.82 Å². The second-order valence-electron chi connectivity index (χ2n) is 6.43. The van der Waals surface area contributed by atoms with Gasteiger partial charge in [-0.1, -0.05) is 23.8 Å².